The number of rotatable bonds is 4. The van der Waals surface area contributed by atoms with E-state index < -0.39 is 0 Å². The summed E-state index contributed by atoms with van der Waals surface area (Å²) in [7, 11) is 0. The van der Waals surface area contributed by atoms with Gasteiger partial charge in [-0.3, -0.25) is 0 Å². The number of piperidine rings is 1. The minimum Gasteiger partial charge on any atom is -0.475 e. The lowest BCUT2D eigenvalue weighted by Gasteiger charge is -2.22. The van der Waals surface area contributed by atoms with Crippen LogP contribution in [0.1, 0.15) is 19.3 Å². The SMILES string of the molecule is c1ccc2c(OCCC3CCNCC3)noc2c1. The fourth-order valence-corrected chi connectivity index (χ4v) is 2.46. The molecule has 0 spiro atoms. The van der Waals surface area contributed by atoms with Gasteiger partial charge >= 0.3 is 0 Å². The molecule has 0 bridgehead atoms. The molecule has 3 rings (SSSR count). The average Bonchev–Trinajstić information content (AvgIpc) is 2.84. The fraction of sp³-hybridized carbons (Fsp3) is 0.500. The lowest BCUT2D eigenvalue weighted by atomic mass is 9.95. The molecule has 0 unspecified atom stereocenters. The molecule has 0 saturated carbocycles. The molecule has 1 aromatic carbocycles. The summed E-state index contributed by atoms with van der Waals surface area (Å²) in [6.45, 7) is 3.00. The molecule has 1 aliphatic rings. The van der Waals surface area contributed by atoms with E-state index in [1.54, 1.807) is 0 Å². The van der Waals surface area contributed by atoms with Gasteiger partial charge in [-0.25, -0.2) is 0 Å². The molecule has 1 aliphatic heterocycles. The minimum atomic E-state index is 0.625. The molecule has 0 amide bonds. The van der Waals surface area contributed by atoms with Gasteiger partial charge in [-0.1, -0.05) is 12.1 Å². The third kappa shape index (κ3) is 2.48. The van der Waals surface area contributed by atoms with Crippen LogP contribution in [0.2, 0.25) is 0 Å². The average molecular weight is 246 g/mol. The maximum Gasteiger partial charge on any atom is 0.262 e. The molecule has 0 aliphatic carbocycles. The molecule has 1 saturated heterocycles. The highest BCUT2D eigenvalue weighted by Crippen LogP contribution is 2.25. The van der Waals surface area contributed by atoms with Crippen molar-refractivity contribution in [1.29, 1.82) is 0 Å². The lowest BCUT2D eigenvalue weighted by molar-refractivity contribution is 0.236. The predicted octanol–water partition coefficient (Wildman–Crippen LogP) is 2.60. The molecule has 1 fully saturated rings. The normalized spacial score (nSPS) is 17.1. The van der Waals surface area contributed by atoms with Gasteiger partial charge in [0.15, 0.2) is 5.58 Å². The Bertz CT molecular complexity index is 503. The van der Waals surface area contributed by atoms with Crippen molar-refractivity contribution in [2.45, 2.75) is 19.3 Å². The molecule has 1 aromatic heterocycles. The lowest BCUT2D eigenvalue weighted by Crippen LogP contribution is -2.28. The Labute approximate surface area is 106 Å². The maximum absolute atomic E-state index is 5.74. The number of benzene rings is 1. The molecular weight excluding hydrogens is 228 g/mol. The van der Waals surface area contributed by atoms with Gasteiger partial charge in [0, 0.05) is 0 Å². The number of para-hydroxylation sites is 1. The van der Waals surface area contributed by atoms with E-state index in [1.807, 2.05) is 24.3 Å². The predicted molar refractivity (Wildman–Crippen MR) is 69.7 cm³/mol. The summed E-state index contributed by atoms with van der Waals surface area (Å²) in [4.78, 5) is 0. The number of hydrogen-bond acceptors (Lipinski definition) is 4. The smallest absolute Gasteiger partial charge is 0.262 e. The molecule has 2 heterocycles. The van der Waals surface area contributed by atoms with Crippen LogP contribution in [0.5, 0.6) is 5.88 Å². The van der Waals surface area contributed by atoms with Gasteiger partial charge in [-0.15, -0.1) is 0 Å². The zero-order chi connectivity index (χ0) is 12.2. The van der Waals surface area contributed by atoms with Crippen molar-refractivity contribution >= 4 is 11.0 Å². The highest BCUT2D eigenvalue weighted by atomic mass is 16.5. The van der Waals surface area contributed by atoms with E-state index in [-0.39, 0.29) is 0 Å². The summed E-state index contributed by atoms with van der Waals surface area (Å²) >= 11 is 0. The van der Waals surface area contributed by atoms with Crippen LogP contribution in [0.3, 0.4) is 0 Å². The number of ether oxygens (including phenoxy) is 1. The Balaban J connectivity index is 1.56. The van der Waals surface area contributed by atoms with Gasteiger partial charge in [0.25, 0.3) is 5.88 Å². The molecule has 4 nitrogen and oxygen atoms in total. The standard InChI is InChI=1S/C14H18N2O2/c1-2-4-13-12(3-1)14(16-18-13)17-10-7-11-5-8-15-9-6-11/h1-4,11,15H,5-10H2. The molecule has 4 heteroatoms. The molecule has 96 valence electrons. The zero-order valence-electron chi connectivity index (χ0n) is 10.4. The van der Waals surface area contributed by atoms with Crippen LogP contribution in [0, 0.1) is 5.92 Å². The highest BCUT2D eigenvalue weighted by Gasteiger charge is 2.14. The molecular formula is C14H18N2O2. The van der Waals surface area contributed by atoms with Crippen molar-refractivity contribution < 1.29 is 9.26 Å². The van der Waals surface area contributed by atoms with Crippen molar-refractivity contribution in [1.82, 2.24) is 10.5 Å². The summed E-state index contributed by atoms with van der Waals surface area (Å²) < 4.78 is 10.9. The van der Waals surface area contributed by atoms with Gasteiger partial charge in [0.05, 0.1) is 12.0 Å². The second kappa shape index (κ2) is 5.40. The number of fused-ring (bicyclic) bond motifs is 1. The topological polar surface area (TPSA) is 47.3 Å². The van der Waals surface area contributed by atoms with Gasteiger partial charge in [0.1, 0.15) is 0 Å². The summed E-state index contributed by atoms with van der Waals surface area (Å²) in [5.41, 5.74) is 0.786. The summed E-state index contributed by atoms with van der Waals surface area (Å²) in [6, 6.07) is 7.79. The number of nitrogens with one attached hydrogen (secondary N) is 1. The molecule has 0 radical (unpaired) electrons. The van der Waals surface area contributed by atoms with Crippen molar-refractivity contribution in [3.05, 3.63) is 24.3 Å². The van der Waals surface area contributed by atoms with Crippen molar-refractivity contribution in [3.8, 4) is 5.88 Å². The molecule has 1 N–H and O–H groups in total. The molecule has 2 aromatic rings. The fourth-order valence-electron chi connectivity index (χ4n) is 2.46. The van der Waals surface area contributed by atoms with Crippen LogP contribution in [0.25, 0.3) is 11.0 Å². The van der Waals surface area contributed by atoms with Crippen LogP contribution in [0.4, 0.5) is 0 Å². The Morgan fingerprint density at radius 3 is 3.00 bits per heavy atom. The van der Waals surface area contributed by atoms with E-state index in [4.69, 9.17) is 9.26 Å². The minimum absolute atomic E-state index is 0.625. The summed E-state index contributed by atoms with van der Waals surface area (Å²) in [5, 5.41) is 8.30. The summed E-state index contributed by atoms with van der Waals surface area (Å²) in [5.74, 6) is 1.41. The Kier molecular flexibility index (Phi) is 3.46. The Morgan fingerprint density at radius 2 is 2.11 bits per heavy atom. The van der Waals surface area contributed by atoms with E-state index in [9.17, 15) is 0 Å². The van der Waals surface area contributed by atoms with Crippen molar-refractivity contribution in [3.63, 3.8) is 0 Å². The first-order chi connectivity index (χ1) is 8.93. The first-order valence-electron chi connectivity index (χ1n) is 6.61. The van der Waals surface area contributed by atoms with E-state index in [2.05, 4.69) is 10.5 Å². The van der Waals surface area contributed by atoms with Crippen molar-refractivity contribution in [2.75, 3.05) is 19.7 Å². The Morgan fingerprint density at radius 1 is 1.28 bits per heavy atom. The Hall–Kier alpha value is -1.55. The van der Waals surface area contributed by atoms with E-state index >= 15 is 0 Å². The van der Waals surface area contributed by atoms with E-state index in [1.165, 1.54) is 12.8 Å². The van der Waals surface area contributed by atoms with Crippen LogP contribution in [0.15, 0.2) is 28.8 Å². The zero-order valence-corrected chi connectivity index (χ0v) is 10.4. The van der Waals surface area contributed by atoms with Crippen LogP contribution < -0.4 is 10.1 Å². The van der Waals surface area contributed by atoms with Gasteiger partial charge in [0.2, 0.25) is 0 Å². The number of aromatic nitrogens is 1. The van der Waals surface area contributed by atoms with Crippen LogP contribution in [-0.4, -0.2) is 24.9 Å². The monoisotopic (exact) mass is 246 g/mol. The molecule has 0 atom stereocenters. The third-order valence-electron chi connectivity index (χ3n) is 3.57. The third-order valence-corrected chi connectivity index (χ3v) is 3.57. The van der Waals surface area contributed by atoms with Gasteiger partial charge in [-0.2, -0.15) is 0 Å². The maximum atomic E-state index is 5.74. The highest BCUT2D eigenvalue weighted by molar-refractivity contribution is 5.81. The van der Waals surface area contributed by atoms with Crippen molar-refractivity contribution in [2.24, 2.45) is 5.92 Å². The first kappa shape index (κ1) is 11.5. The van der Waals surface area contributed by atoms with Crippen LogP contribution in [-0.2, 0) is 0 Å². The number of nitrogens with zero attached hydrogens (tertiary/aromatic N) is 1. The first-order valence-corrected chi connectivity index (χ1v) is 6.61. The van der Waals surface area contributed by atoms with Gasteiger partial charge in [-0.05, 0) is 55.6 Å². The largest absolute Gasteiger partial charge is 0.475 e. The second-order valence-corrected chi connectivity index (χ2v) is 4.81. The second-order valence-electron chi connectivity index (χ2n) is 4.81. The summed E-state index contributed by atoms with van der Waals surface area (Å²) in [6.07, 6.45) is 3.61. The molecule has 18 heavy (non-hydrogen) atoms. The quantitative estimate of drug-likeness (QED) is 0.900. The van der Waals surface area contributed by atoms with Gasteiger partial charge < -0.3 is 14.6 Å². The van der Waals surface area contributed by atoms with E-state index in [0.29, 0.717) is 5.88 Å². The number of hydrogen-bond donors (Lipinski definition) is 1. The van der Waals surface area contributed by atoms with Crippen LogP contribution >= 0.6 is 0 Å². The van der Waals surface area contributed by atoms with E-state index in [0.717, 1.165) is 43.0 Å².